The first kappa shape index (κ1) is 19.8. The van der Waals surface area contributed by atoms with Crippen molar-refractivity contribution in [3.8, 4) is 10.6 Å². The van der Waals surface area contributed by atoms with Gasteiger partial charge in [0.05, 0.1) is 22.9 Å². The molecule has 0 atom stereocenters. The molecule has 1 N–H and O–H groups in total. The van der Waals surface area contributed by atoms with Crippen molar-refractivity contribution >= 4 is 39.1 Å². The molecule has 0 aliphatic rings. The van der Waals surface area contributed by atoms with Gasteiger partial charge < -0.3 is 10.1 Å². The van der Waals surface area contributed by atoms with Gasteiger partial charge in [-0.15, -0.1) is 11.3 Å². The second-order valence-corrected chi connectivity index (χ2v) is 8.13. The average Bonchev–Trinajstić information content (AvgIpc) is 3.16. The minimum atomic E-state index is -0.469. The zero-order valence-corrected chi connectivity index (χ0v) is 17.7. The molecule has 0 radical (unpaired) electrons. The molecule has 0 saturated heterocycles. The Kier molecular flexibility index (Phi) is 5.33. The SMILES string of the molecule is COC(=O)c1cc(C)cc(C(=O)Nc2ccc(-c3nc4ccc(C)cc4s3)cc2)c1. The molecule has 6 heteroatoms. The molecule has 0 aliphatic carbocycles. The number of benzene rings is 3. The number of hydrogen-bond acceptors (Lipinski definition) is 5. The van der Waals surface area contributed by atoms with Crippen molar-refractivity contribution in [1.82, 2.24) is 4.98 Å². The van der Waals surface area contributed by atoms with Crippen molar-refractivity contribution in [3.63, 3.8) is 0 Å². The van der Waals surface area contributed by atoms with Crippen molar-refractivity contribution in [2.45, 2.75) is 13.8 Å². The number of carbonyl (C=O) groups excluding carboxylic acids is 2. The van der Waals surface area contributed by atoms with Gasteiger partial charge in [-0.05, 0) is 79.6 Å². The van der Waals surface area contributed by atoms with E-state index in [0.29, 0.717) is 16.8 Å². The molecule has 5 nitrogen and oxygen atoms in total. The molecule has 4 aromatic rings. The Balaban J connectivity index is 1.54. The molecule has 1 amide bonds. The molecule has 1 heterocycles. The number of nitrogens with one attached hydrogen (secondary N) is 1. The van der Waals surface area contributed by atoms with Gasteiger partial charge in [0.1, 0.15) is 5.01 Å². The Bertz CT molecular complexity index is 1260. The summed E-state index contributed by atoms with van der Waals surface area (Å²) in [6, 6.07) is 18.8. The molecule has 0 saturated carbocycles. The normalized spacial score (nSPS) is 10.8. The number of hydrogen-bond donors (Lipinski definition) is 1. The summed E-state index contributed by atoms with van der Waals surface area (Å²) < 4.78 is 5.91. The van der Waals surface area contributed by atoms with Crippen LogP contribution in [0.4, 0.5) is 5.69 Å². The maximum Gasteiger partial charge on any atom is 0.337 e. The van der Waals surface area contributed by atoms with E-state index in [9.17, 15) is 9.59 Å². The zero-order chi connectivity index (χ0) is 21.3. The van der Waals surface area contributed by atoms with Gasteiger partial charge in [-0.25, -0.2) is 9.78 Å². The monoisotopic (exact) mass is 416 g/mol. The second kappa shape index (κ2) is 8.08. The third kappa shape index (κ3) is 4.09. The summed E-state index contributed by atoms with van der Waals surface area (Å²) in [7, 11) is 1.32. The molecule has 0 aliphatic heterocycles. The molecule has 0 fully saturated rings. The van der Waals surface area contributed by atoms with Crippen molar-refractivity contribution in [3.05, 3.63) is 82.9 Å². The van der Waals surface area contributed by atoms with Crippen LogP contribution in [-0.2, 0) is 4.74 Å². The van der Waals surface area contributed by atoms with Crippen LogP contribution in [0.2, 0.25) is 0 Å². The Morgan fingerprint density at radius 3 is 2.37 bits per heavy atom. The summed E-state index contributed by atoms with van der Waals surface area (Å²) in [6.07, 6.45) is 0. The minimum Gasteiger partial charge on any atom is -0.465 e. The molecule has 0 bridgehead atoms. The topological polar surface area (TPSA) is 68.3 Å². The first-order valence-electron chi connectivity index (χ1n) is 9.42. The number of aryl methyl sites for hydroxylation is 2. The molecular formula is C24H20N2O3S. The maximum absolute atomic E-state index is 12.7. The molecular weight excluding hydrogens is 396 g/mol. The first-order valence-corrected chi connectivity index (χ1v) is 10.2. The van der Waals surface area contributed by atoms with Crippen molar-refractivity contribution < 1.29 is 14.3 Å². The van der Waals surface area contributed by atoms with Crippen LogP contribution >= 0.6 is 11.3 Å². The van der Waals surface area contributed by atoms with Gasteiger partial charge in [0.2, 0.25) is 0 Å². The Hall–Kier alpha value is -3.51. The van der Waals surface area contributed by atoms with E-state index in [2.05, 4.69) is 24.4 Å². The van der Waals surface area contributed by atoms with Crippen LogP contribution in [0.1, 0.15) is 31.8 Å². The van der Waals surface area contributed by atoms with Gasteiger partial charge in [-0.1, -0.05) is 6.07 Å². The summed E-state index contributed by atoms with van der Waals surface area (Å²) in [5.41, 5.74) is 5.42. The molecule has 0 spiro atoms. The van der Waals surface area contributed by atoms with Gasteiger partial charge >= 0.3 is 5.97 Å². The fourth-order valence-corrected chi connectivity index (χ4v) is 4.27. The minimum absolute atomic E-state index is 0.285. The predicted molar refractivity (Wildman–Crippen MR) is 120 cm³/mol. The van der Waals surface area contributed by atoms with Crippen LogP contribution in [0.5, 0.6) is 0 Å². The van der Waals surface area contributed by atoms with Gasteiger partial charge in [0.25, 0.3) is 5.91 Å². The van der Waals surface area contributed by atoms with Crippen molar-refractivity contribution in [1.29, 1.82) is 0 Å². The molecule has 30 heavy (non-hydrogen) atoms. The lowest BCUT2D eigenvalue weighted by atomic mass is 10.1. The van der Waals surface area contributed by atoms with E-state index in [0.717, 1.165) is 26.4 Å². The van der Waals surface area contributed by atoms with E-state index in [1.54, 1.807) is 23.5 Å². The van der Waals surface area contributed by atoms with E-state index in [-0.39, 0.29) is 5.91 Å². The summed E-state index contributed by atoms with van der Waals surface area (Å²) in [6.45, 7) is 3.90. The highest BCUT2D eigenvalue weighted by Crippen LogP contribution is 2.31. The zero-order valence-electron chi connectivity index (χ0n) is 16.9. The number of methoxy groups -OCH3 is 1. The smallest absolute Gasteiger partial charge is 0.337 e. The largest absolute Gasteiger partial charge is 0.465 e. The fraction of sp³-hybridized carbons (Fsp3) is 0.125. The highest BCUT2D eigenvalue weighted by Gasteiger charge is 2.13. The van der Waals surface area contributed by atoms with Crippen molar-refractivity contribution in [2.75, 3.05) is 12.4 Å². The van der Waals surface area contributed by atoms with Crippen LogP contribution in [0.25, 0.3) is 20.8 Å². The van der Waals surface area contributed by atoms with Crippen LogP contribution in [0.3, 0.4) is 0 Å². The highest BCUT2D eigenvalue weighted by atomic mass is 32.1. The summed E-state index contributed by atoms with van der Waals surface area (Å²) in [5, 5.41) is 3.81. The van der Waals surface area contributed by atoms with Gasteiger partial charge in [-0.3, -0.25) is 4.79 Å². The van der Waals surface area contributed by atoms with Gasteiger partial charge in [0, 0.05) is 16.8 Å². The summed E-state index contributed by atoms with van der Waals surface area (Å²) in [4.78, 5) is 29.1. The number of anilines is 1. The number of nitrogens with zero attached hydrogens (tertiary/aromatic N) is 1. The molecule has 150 valence electrons. The lowest BCUT2D eigenvalue weighted by Gasteiger charge is -2.08. The summed E-state index contributed by atoms with van der Waals surface area (Å²) >= 11 is 1.65. The van der Waals surface area contributed by atoms with E-state index in [1.807, 2.05) is 37.3 Å². The Labute approximate surface area is 178 Å². The van der Waals surface area contributed by atoms with Gasteiger partial charge in [-0.2, -0.15) is 0 Å². The number of ether oxygens (including phenoxy) is 1. The number of thiazole rings is 1. The number of rotatable bonds is 4. The van der Waals surface area contributed by atoms with E-state index in [4.69, 9.17) is 9.72 Å². The van der Waals surface area contributed by atoms with Crippen molar-refractivity contribution in [2.24, 2.45) is 0 Å². The van der Waals surface area contributed by atoms with E-state index in [1.165, 1.54) is 18.7 Å². The number of aromatic nitrogens is 1. The summed E-state index contributed by atoms with van der Waals surface area (Å²) in [5.74, 6) is -0.754. The number of amides is 1. The number of fused-ring (bicyclic) bond motifs is 1. The fourth-order valence-electron chi connectivity index (χ4n) is 3.20. The predicted octanol–water partition coefficient (Wildman–Crippen LogP) is 5.62. The molecule has 4 rings (SSSR count). The lowest BCUT2D eigenvalue weighted by molar-refractivity contribution is 0.0600. The third-order valence-corrected chi connectivity index (χ3v) is 5.76. The quantitative estimate of drug-likeness (QED) is 0.439. The van der Waals surface area contributed by atoms with E-state index < -0.39 is 5.97 Å². The standard InChI is InChI=1S/C24H20N2O3S/c1-14-4-9-20-21(12-14)30-23(26-20)16-5-7-19(8-6-16)25-22(27)17-10-15(2)11-18(13-17)24(28)29-3/h4-13H,1-3H3,(H,25,27). The highest BCUT2D eigenvalue weighted by molar-refractivity contribution is 7.21. The first-order chi connectivity index (χ1) is 14.4. The lowest BCUT2D eigenvalue weighted by Crippen LogP contribution is -2.13. The van der Waals surface area contributed by atoms with Crippen LogP contribution in [0.15, 0.2) is 60.7 Å². The maximum atomic E-state index is 12.7. The van der Waals surface area contributed by atoms with Crippen LogP contribution in [0, 0.1) is 13.8 Å². The second-order valence-electron chi connectivity index (χ2n) is 7.10. The molecule has 1 aromatic heterocycles. The van der Waals surface area contributed by atoms with E-state index >= 15 is 0 Å². The van der Waals surface area contributed by atoms with Gasteiger partial charge in [0.15, 0.2) is 0 Å². The molecule has 0 unspecified atom stereocenters. The van der Waals surface area contributed by atoms with Crippen LogP contribution in [-0.4, -0.2) is 24.0 Å². The number of esters is 1. The van der Waals surface area contributed by atoms with Crippen LogP contribution < -0.4 is 5.32 Å². The molecule has 3 aromatic carbocycles. The number of carbonyl (C=O) groups is 2. The Morgan fingerprint density at radius 1 is 0.900 bits per heavy atom. The third-order valence-electron chi connectivity index (χ3n) is 4.69. The Morgan fingerprint density at radius 2 is 1.63 bits per heavy atom. The average molecular weight is 417 g/mol.